The number of likely N-dealkylation sites (tertiary alicyclic amines) is 1. The number of nitrogens with two attached hydrogens (primary N) is 1. The number of hydrogen-bond acceptors (Lipinski definition) is 6. The van der Waals surface area contributed by atoms with Gasteiger partial charge in [-0.25, -0.2) is 4.79 Å². The van der Waals surface area contributed by atoms with Gasteiger partial charge in [-0.05, 0) is 67.6 Å². The Labute approximate surface area is 287 Å². The van der Waals surface area contributed by atoms with Crippen LogP contribution in [0.4, 0.5) is 4.79 Å². The molecule has 11 heteroatoms. The lowest BCUT2D eigenvalue weighted by Gasteiger charge is -2.37. The molecule has 4 fully saturated rings. The maximum Gasteiger partial charge on any atom is 0.316 e. The Bertz CT molecular complexity index is 1180. The van der Waals surface area contributed by atoms with Crippen molar-refractivity contribution >= 4 is 35.3 Å². The monoisotopic (exact) mass is 671 g/mol. The maximum absolute atomic E-state index is 14.4. The van der Waals surface area contributed by atoms with Crippen LogP contribution in [0.25, 0.3) is 0 Å². The summed E-state index contributed by atoms with van der Waals surface area (Å²) in [7, 11) is 0. The molecule has 5 atom stereocenters. The zero-order valence-electron chi connectivity index (χ0n) is 30.0. The first-order valence-electron chi connectivity index (χ1n) is 18.7. The van der Waals surface area contributed by atoms with Crippen molar-refractivity contribution in [2.75, 3.05) is 6.54 Å². The number of nitrogens with one attached hydrogen (secondary N) is 3. The maximum atomic E-state index is 14.4. The molecule has 0 aromatic heterocycles. The van der Waals surface area contributed by atoms with Gasteiger partial charge >= 0.3 is 6.03 Å². The topological polar surface area (TPSA) is 168 Å². The number of nitrogens with zero attached hydrogens (tertiary/aromatic N) is 1. The van der Waals surface area contributed by atoms with E-state index in [-0.39, 0.29) is 35.4 Å². The Morgan fingerprint density at radius 2 is 1.48 bits per heavy atom. The third kappa shape index (κ3) is 9.80. The van der Waals surface area contributed by atoms with Crippen molar-refractivity contribution in [3.05, 3.63) is 0 Å². The molecular weight excluding hydrogens is 610 g/mol. The lowest BCUT2D eigenvalue weighted by Crippen LogP contribution is -2.62. The molecule has 1 heterocycles. The molecule has 1 saturated heterocycles. The summed E-state index contributed by atoms with van der Waals surface area (Å²) in [6.45, 7) is 9.90. The number of amides is 5. The molecule has 1 aliphatic heterocycles. The van der Waals surface area contributed by atoms with E-state index < -0.39 is 53.2 Å². The molecule has 48 heavy (non-hydrogen) atoms. The third-order valence-electron chi connectivity index (χ3n) is 11.4. The van der Waals surface area contributed by atoms with Crippen molar-refractivity contribution in [1.29, 1.82) is 0 Å². The Kier molecular flexibility index (Phi) is 13.1. The average molecular weight is 672 g/mol. The molecule has 0 aromatic rings. The smallest absolute Gasteiger partial charge is 0.316 e. The summed E-state index contributed by atoms with van der Waals surface area (Å²) in [5, 5.41) is 8.70. The van der Waals surface area contributed by atoms with Crippen LogP contribution in [0.5, 0.6) is 0 Å². The van der Waals surface area contributed by atoms with E-state index in [4.69, 9.17) is 5.73 Å². The van der Waals surface area contributed by atoms with Gasteiger partial charge < -0.3 is 26.6 Å². The van der Waals surface area contributed by atoms with Crippen LogP contribution in [0.2, 0.25) is 0 Å². The van der Waals surface area contributed by atoms with Crippen molar-refractivity contribution in [3.63, 3.8) is 0 Å². The zero-order chi connectivity index (χ0) is 35.2. The van der Waals surface area contributed by atoms with Crippen LogP contribution in [0, 0.1) is 35.0 Å². The molecule has 0 radical (unpaired) electrons. The fourth-order valence-electron chi connectivity index (χ4n) is 8.00. The lowest BCUT2D eigenvalue weighted by atomic mass is 9.81. The van der Waals surface area contributed by atoms with E-state index in [2.05, 4.69) is 16.0 Å². The highest BCUT2D eigenvalue weighted by atomic mass is 16.2. The van der Waals surface area contributed by atoms with Gasteiger partial charge in [-0.1, -0.05) is 92.4 Å². The number of hydrogen-bond donors (Lipinski definition) is 4. The van der Waals surface area contributed by atoms with Crippen molar-refractivity contribution < 1.29 is 28.8 Å². The molecule has 4 rings (SSSR count). The van der Waals surface area contributed by atoms with Crippen LogP contribution in [-0.2, 0) is 24.0 Å². The molecular formula is C37H61N5O6. The number of rotatable bonds is 16. The molecule has 0 spiro atoms. The van der Waals surface area contributed by atoms with Crippen LogP contribution in [0.15, 0.2) is 0 Å². The highest BCUT2D eigenvalue weighted by Crippen LogP contribution is 2.36. The van der Waals surface area contributed by atoms with Gasteiger partial charge in [0.2, 0.25) is 17.6 Å². The Hall–Kier alpha value is -2.98. The summed E-state index contributed by atoms with van der Waals surface area (Å²) in [5.74, 6) is -2.01. The highest BCUT2D eigenvalue weighted by molar-refractivity contribution is 6.37. The van der Waals surface area contributed by atoms with Crippen LogP contribution >= 0.6 is 0 Å². The SMILES string of the molecule is CC(C)[C@H]1CCN(C(=O)[C@@H](NC(=O)N[C@H](C(=O)C2CC2)C2CCCCC2)C(C)(C)C)[C@@H]1C(=O)NC(CCCCC1CCC1)C(=O)C(N)=O. The second kappa shape index (κ2) is 16.6. The summed E-state index contributed by atoms with van der Waals surface area (Å²) in [6, 6.07) is -4.03. The number of carbonyl (C=O) groups is 6. The normalized spacial score (nSPS) is 23.9. The van der Waals surface area contributed by atoms with Gasteiger partial charge in [0.1, 0.15) is 12.1 Å². The first-order valence-corrected chi connectivity index (χ1v) is 18.7. The fraction of sp³-hybridized carbons (Fsp3) is 0.838. The summed E-state index contributed by atoms with van der Waals surface area (Å²) in [5.41, 5.74) is 4.67. The second-order valence-electron chi connectivity index (χ2n) is 16.5. The fourth-order valence-corrected chi connectivity index (χ4v) is 8.00. The second-order valence-corrected chi connectivity index (χ2v) is 16.5. The van der Waals surface area contributed by atoms with E-state index in [9.17, 15) is 28.8 Å². The number of Topliss-reactive ketones (excluding diaryl/α,β-unsaturated/α-hetero) is 2. The van der Waals surface area contributed by atoms with Crippen molar-refractivity contribution in [2.24, 2.45) is 40.7 Å². The molecule has 270 valence electrons. The number of unbranched alkanes of at least 4 members (excludes halogenated alkanes) is 1. The van der Waals surface area contributed by atoms with Gasteiger partial charge in [-0.15, -0.1) is 0 Å². The molecule has 1 unspecified atom stereocenters. The quantitative estimate of drug-likeness (QED) is 0.140. The Morgan fingerprint density at radius 1 is 0.812 bits per heavy atom. The predicted octanol–water partition coefficient (Wildman–Crippen LogP) is 4.40. The molecule has 4 aliphatic rings. The number of urea groups is 1. The molecule has 0 aromatic carbocycles. The van der Waals surface area contributed by atoms with E-state index in [1.165, 1.54) is 24.2 Å². The van der Waals surface area contributed by atoms with Gasteiger partial charge in [-0.3, -0.25) is 24.0 Å². The Morgan fingerprint density at radius 3 is 2.02 bits per heavy atom. The number of ketones is 2. The van der Waals surface area contributed by atoms with Crippen LogP contribution in [0.3, 0.4) is 0 Å². The minimum Gasteiger partial charge on any atom is -0.363 e. The Balaban J connectivity index is 1.48. The van der Waals surface area contributed by atoms with Crippen molar-refractivity contribution in [3.8, 4) is 0 Å². The standard InChI is InChI=1S/C37H61N5O6/c1-22(2)26-20-21-42(29(26)34(46)39-27(31(44)33(38)45)17-10-9-12-23-13-11-14-23)35(47)32(37(3,4)5)41-36(48)40-28(30(43)25-18-19-25)24-15-7-6-8-16-24/h22-29,32H,6-21H2,1-5H3,(H2,38,45)(H,39,46)(H2,40,41,48)/t26-,27?,28+,29+,32-/m1/s1. The largest absolute Gasteiger partial charge is 0.363 e. The predicted molar refractivity (Wildman–Crippen MR) is 183 cm³/mol. The number of primary amides is 1. The van der Waals surface area contributed by atoms with E-state index >= 15 is 0 Å². The van der Waals surface area contributed by atoms with Gasteiger partial charge in [0.25, 0.3) is 5.91 Å². The van der Waals surface area contributed by atoms with Crippen LogP contribution in [-0.4, -0.2) is 70.9 Å². The average Bonchev–Trinajstić information content (AvgIpc) is 3.76. The first kappa shape index (κ1) is 37.8. The van der Waals surface area contributed by atoms with E-state index in [1.54, 1.807) is 0 Å². The zero-order valence-corrected chi connectivity index (χ0v) is 30.0. The van der Waals surface area contributed by atoms with Crippen molar-refractivity contribution in [1.82, 2.24) is 20.9 Å². The molecule has 5 N–H and O–H groups in total. The van der Waals surface area contributed by atoms with Gasteiger partial charge in [0.05, 0.1) is 12.1 Å². The molecule has 3 saturated carbocycles. The van der Waals surface area contributed by atoms with E-state index in [0.717, 1.165) is 63.7 Å². The van der Waals surface area contributed by atoms with Gasteiger partial charge in [-0.2, -0.15) is 0 Å². The molecule has 11 nitrogen and oxygen atoms in total. The van der Waals surface area contributed by atoms with Crippen LogP contribution in [0.1, 0.15) is 131 Å². The van der Waals surface area contributed by atoms with E-state index in [0.29, 0.717) is 25.8 Å². The molecule has 0 bridgehead atoms. The summed E-state index contributed by atoms with van der Waals surface area (Å²) in [4.78, 5) is 81.6. The summed E-state index contributed by atoms with van der Waals surface area (Å²) >= 11 is 0. The van der Waals surface area contributed by atoms with E-state index in [1.807, 2.05) is 34.6 Å². The summed E-state index contributed by atoms with van der Waals surface area (Å²) in [6.07, 6.45) is 14.0. The van der Waals surface area contributed by atoms with Gasteiger partial charge in [0.15, 0.2) is 5.78 Å². The van der Waals surface area contributed by atoms with Gasteiger partial charge in [0, 0.05) is 12.5 Å². The third-order valence-corrected chi connectivity index (χ3v) is 11.4. The first-order chi connectivity index (χ1) is 22.7. The number of carbonyl (C=O) groups excluding carboxylic acids is 6. The minimum absolute atomic E-state index is 0.00197. The van der Waals surface area contributed by atoms with Crippen molar-refractivity contribution in [2.45, 2.75) is 155 Å². The molecule has 5 amide bonds. The highest BCUT2D eigenvalue weighted by Gasteiger charge is 2.48. The van der Waals surface area contributed by atoms with Crippen LogP contribution < -0.4 is 21.7 Å². The lowest BCUT2D eigenvalue weighted by molar-refractivity contribution is -0.144. The summed E-state index contributed by atoms with van der Waals surface area (Å²) < 4.78 is 0. The minimum atomic E-state index is -1.09. The molecule has 3 aliphatic carbocycles.